The third-order valence-corrected chi connectivity index (χ3v) is 3.91. The van der Waals surface area contributed by atoms with E-state index < -0.39 is 0 Å². The molecular formula is C13H21N3O2. The Bertz CT molecular complexity index is 416. The van der Waals surface area contributed by atoms with Gasteiger partial charge in [-0.2, -0.15) is 0 Å². The minimum atomic E-state index is -0.315. The molecule has 5 nitrogen and oxygen atoms in total. The van der Waals surface area contributed by atoms with Gasteiger partial charge in [0.05, 0.1) is 12.1 Å². The molecule has 3 N–H and O–H groups in total. The number of hydrogen-bond acceptors (Lipinski definition) is 4. The molecule has 1 amide bonds. The number of nitrogens with two attached hydrogens (primary N) is 1. The van der Waals surface area contributed by atoms with Crippen molar-refractivity contribution in [1.29, 1.82) is 0 Å². The molecule has 0 aliphatic carbocycles. The molecule has 0 bridgehead atoms. The third-order valence-electron chi connectivity index (χ3n) is 3.91. The molecule has 100 valence electrons. The summed E-state index contributed by atoms with van der Waals surface area (Å²) in [5.74, 6) is 6.29. The van der Waals surface area contributed by atoms with Gasteiger partial charge in [-0.05, 0) is 38.3 Å². The smallest absolute Gasteiger partial charge is 0.268 e. The Balaban J connectivity index is 2.00. The second-order valence-corrected chi connectivity index (χ2v) is 5.11. The molecule has 0 saturated carbocycles. The van der Waals surface area contributed by atoms with E-state index >= 15 is 0 Å². The number of amides is 1. The third kappa shape index (κ3) is 2.73. The van der Waals surface area contributed by atoms with Gasteiger partial charge in [0.1, 0.15) is 12.0 Å². The number of carbonyl (C=O) groups is 1. The summed E-state index contributed by atoms with van der Waals surface area (Å²) in [6, 6.07) is 2.31. The van der Waals surface area contributed by atoms with Crippen LogP contribution < -0.4 is 11.3 Å². The first-order valence-electron chi connectivity index (χ1n) is 6.44. The number of hydrazine groups is 1. The number of rotatable bonds is 3. The fourth-order valence-electron chi connectivity index (χ4n) is 2.51. The van der Waals surface area contributed by atoms with Crippen LogP contribution in [0.4, 0.5) is 0 Å². The maximum Gasteiger partial charge on any atom is 0.268 e. The van der Waals surface area contributed by atoms with Crippen LogP contribution in [0.25, 0.3) is 0 Å². The first kappa shape index (κ1) is 13.1. The highest BCUT2D eigenvalue weighted by Crippen LogP contribution is 2.24. The van der Waals surface area contributed by atoms with Crippen LogP contribution in [-0.2, 0) is 6.54 Å². The van der Waals surface area contributed by atoms with Crippen molar-refractivity contribution in [3.05, 3.63) is 23.7 Å². The zero-order valence-electron chi connectivity index (χ0n) is 11.0. The van der Waals surface area contributed by atoms with Crippen molar-refractivity contribution in [3.63, 3.8) is 0 Å². The lowest BCUT2D eigenvalue weighted by Gasteiger charge is -2.37. The summed E-state index contributed by atoms with van der Waals surface area (Å²) in [5, 5.41) is 0. The highest BCUT2D eigenvalue weighted by atomic mass is 16.3. The van der Waals surface area contributed by atoms with Crippen LogP contribution in [0.5, 0.6) is 0 Å². The minimum Gasteiger partial charge on any atom is -0.467 e. The van der Waals surface area contributed by atoms with Crippen LogP contribution >= 0.6 is 0 Å². The Morgan fingerprint density at radius 3 is 3.11 bits per heavy atom. The van der Waals surface area contributed by atoms with Gasteiger partial charge >= 0.3 is 0 Å². The molecule has 1 fully saturated rings. The van der Waals surface area contributed by atoms with Crippen LogP contribution in [0.3, 0.4) is 0 Å². The number of likely N-dealkylation sites (tertiary alicyclic amines) is 1. The summed E-state index contributed by atoms with van der Waals surface area (Å²) in [4.78, 5) is 13.7. The summed E-state index contributed by atoms with van der Waals surface area (Å²) in [6.07, 6.45) is 3.97. The molecule has 2 heterocycles. The summed E-state index contributed by atoms with van der Waals surface area (Å²) in [7, 11) is 0. The van der Waals surface area contributed by atoms with Crippen molar-refractivity contribution in [1.82, 2.24) is 10.3 Å². The lowest BCUT2D eigenvalue weighted by molar-refractivity contribution is 0.0953. The summed E-state index contributed by atoms with van der Waals surface area (Å²) < 4.78 is 5.42. The second-order valence-electron chi connectivity index (χ2n) is 5.11. The van der Waals surface area contributed by atoms with E-state index in [9.17, 15) is 4.79 Å². The normalized spacial score (nSPS) is 25.1. The van der Waals surface area contributed by atoms with Crippen molar-refractivity contribution < 1.29 is 9.21 Å². The fraction of sp³-hybridized carbons (Fsp3) is 0.615. The van der Waals surface area contributed by atoms with Crippen molar-refractivity contribution >= 4 is 5.91 Å². The predicted molar refractivity (Wildman–Crippen MR) is 68.6 cm³/mol. The Kier molecular flexibility index (Phi) is 4.04. The average Bonchev–Trinajstić information content (AvgIpc) is 2.82. The Morgan fingerprint density at radius 1 is 1.61 bits per heavy atom. The highest BCUT2D eigenvalue weighted by molar-refractivity contribution is 5.93. The van der Waals surface area contributed by atoms with Gasteiger partial charge in [0, 0.05) is 6.04 Å². The molecule has 1 aromatic heterocycles. The molecule has 2 unspecified atom stereocenters. The van der Waals surface area contributed by atoms with Crippen molar-refractivity contribution in [2.24, 2.45) is 11.8 Å². The Morgan fingerprint density at radius 2 is 2.39 bits per heavy atom. The number of nitrogen functional groups attached to an aromatic ring is 1. The van der Waals surface area contributed by atoms with Gasteiger partial charge in [0.15, 0.2) is 0 Å². The second kappa shape index (κ2) is 5.54. The van der Waals surface area contributed by atoms with Crippen LogP contribution in [0.2, 0.25) is 0 Å². The van der Waals surface area contributed by atoms with Crippen molar-refractivity contribution in [2.75, 3.05) is 6.54 Å². The zero-order chi connectivity index (χ0) is 13.1. The van der Waals surface area contributed by atoms with Crippen molar-refractivity contribution in [3.8, 4) is 0 Å². The van der Waals surface area contributed by atoms with Gasteiger partial charge in [-0.1, -0.05) is 6.92 Å². The molecule has 0 radical (unpaired) electrons. The number of nitrogens with zero attached hydrogens (tertiary/aromatic N) is 1. The van der Waals surface area contributed by atoms with Crippen molar-refractivity contribution in [2.45, 2.75) is 39.3 Å². The standard InChI is InChI=1S/C13H21N3O2/c1-9-4-3-5-16(10(9)2)7-12-6-11(8-18-12)13(17)15-14/h6,8-10H,3-5,7,14H2,1-2H3,(H,15,17). The Labute approximate surface area is 107 Å². The summed E-state index contributed by atoms with van der Waals surface area (Å²) >= 11 is 0. The molecular weight excluding hydrogens is 230 g/mol. The maximum atomic E-state index is 11.3. The van der Waals surface area contributed by atoms with Gasteiger partial charge in [0.2, 0.25) is 0 Å². The molecule has 2 rings (SSSR count). The number of nitrogens with one attached hydrogen (secondary N) is 1. The monoisotopic (exact) mass is 251 g/mol. The van der Waals surface area contributed by atoms with Gasteiger partial charge in [-0.25, -0.2) is 5.84 Å². The molecule has 1 saturated heterocycles. The molecule has 0 spiro atoms. The zero-order valence-corrected chi connectivity index (χ0v) is 11.0. The molecule has 1 aliphatic heterocycles. The number of furan rings is 1. The van der Waals surface area contributed by atoms with Gasteiger partial charge in [-0.3, -0.25) is 15.1 Å². The maximum absolute atomic E-state index is 11.3. The van der Waals surface area contributed by atoms with Gasteiger partial charge in [-0.15, -0.1) is 0 Å². The molecule has 1 aliphatic rings. The summed E-state index contributed by atoms with van der Waals surface area (Å²) in [5.41, 5.74) is 2.58. The quantitative estimate of drug-likeness (QED) is 0.485. The number of piperidine rings is 1. The van der Waals surface area contributed by atoms with Crippen LogP contribution in [0.15, 0.2) is 16.7 Å². The molecule has 1 aromatic rings. The van der Waals surface area contributed by atoms with Crippen LogP contribution in [0, 0.1) is 5.92 Å². The highest BCUT2D eigenvalue weighted by Gasteiger charge is 2.25. The summed E-state index contributed by atoms with van der Waals surface area (Å²) in [6.45, 7) is 6.38. The number of carbonyl (C=O) groups excluding carboxylic acids is 1. The van der Waals surface area contributed by atoms with E-state index in [0.717, 1.165) is 18.8 Å². The van der Waals surface area contributed by atoms with E-state index in [1.54, 1.807) is 6.07 Å². The predicted octanol–water partition coefficient (Wildman–Crippen LogP) is 1.50. The largest absolute Gasteiger partial charge is 0.467 e. The lowest BCUT2D eigenvalue weighted by atomic mass is 9.92. The Hall–Kier alpha value is -1.33. The molecule has 5 heteroatoms. The first-order valence-corrected chi connectivity index (χ1v) is 6.44. The van der Waals surface area contributed by atoms with Crippen LogP contribution in [0.1, 0.15) is 42.8 Å². The minimum absolute atomic E-state index is 0.315. The molecule has 2 atom stereocenters. The van der Waals surface area contributed by atoms with E-state index in [-0.39, 0.29) is 5.91 Å². The van der Waals surface area contributed by atoms with E-state index in [1.807, 2.05) is 0 Å². The van der Waals surface area contributed by atoms with Gasteiger partial charge in [0.25, 0.3) is 5.91 Å². The topological polar surface area (TPSA) is 71.5 Å². The van der Waals surface area contributed by atoms with E-state index in [1.165, 1.54) is 19.1 Å². The first-order chi connectivity index (χ1) is 8.61. The molecule has 0 aromatic carbocycles. The average molecular weight is 251 g/mol. The van der Waals surface area contributed by atoms with Gasteiger partial charge < -0.3 is 4.42 Å². The number of hydrogen-bond donors (Lipinski definition) is 2. The van der Waals surface area contributed by atoms with E-state index in [0.29, 0.717) is 17.5 Å². The van der Waals surface area contributed by atoms with E-state index in [2.05, 4.69) is 24.2 Å². The lowest BCUT2D eigenvalue weighted by Crippen LogP contribution is -2.41. The van der Waals surface area contributed by atoms with Crippen LogP contribution in [-0.4, -0.2) is 23.4 Å². The van der Waals surface area contributed by atoms with E-state index in [4.69, 9.17) is 10.3 Å². The fourth-order valence-corrected chi connectivity index (χ4v) is 2.51. The molecule has 18 heavy (non-hydrogen) atoms. The SMILES string of the molecule is CC1CCCN(Cc2cc(C(=O)NN)co2)C1C.